The quantitative estimate of drug-likeness (QED) is 0.270. The van der Waals surface area contributed by atoms with Crippen LogP contribution in [0.4, 0.5) is 11.4 Å². The number of hydrazone groups is 1. The van der Waals surface area contributed by atoms with Crippen molar-refractivity contribution >= 4 is 46.9 Å². The van der Waals surface area contributed by atoms with Gasteiger partial charge in [0.1, 0.15) is 5.75 Å². The first-order valence-corrected chi connectivity index (χ1v) is 10.7. The fourth-order valence-corrected chi connectivity index (χ4v) is 3.05. The van der Waals surface area contributed by atoms with E-state index < -0.39 is 11.8 Å². The van der Waals surface area contributed by atoms with Crippen molar-refractivity contribution in [2.45, 2.75) is 13.8 Å². The lowest BCUT2D eigenvalue weighted by Gasteiger charge is -2.11. The Balaban J connectivity index is 1.50. The highest BCUT2D eigenvalue weighted by Crippen LogP contribution is 2.20. The predicted molar refractivity (Wildman–Crippen MR) is 132 cm³/mol. The molecule has 3 N–H and O–H groups in total. The molecule has 0 fully saturated rings. The normalized spacial score (nSPS) is 10.6. The monoisotopic (exact) mass is 478 g/mol. The van der Waals surface area contributed by atoms with E-state index in [1.54, 1.807) is 48.5 Å². The number of carbonyl (C=O) groups excluding carboxylic acids is 3. The van der Waals surface area contributed by atoms with Gasteiger partial charge in [-0.2, -0.15) is 5.10 Å². The van der Waals surface area contributed by atoms with E-state index in [0.717, 1.165) is 16.8 Å². The summed E-state index contributed by atoms with van der Waals surface area (Å²) in [5.41, 5.74) is 5.88. The molecule has 8 nitrogen and oxygen atoms in total. The predicted octanol–water partition coefficient (Wildman–Crippen LogP) is 4.06. The molecule has 0 saturated heterocycles. The Labute approximate surface area is 202 Å². The van der Waals surface area contributed by atoms with Gasteiger partial charge in [-0.05, 0) is 60.9 Å². The van der Waals surface area contributed by atoms with Crippen molar-refractivity contribution in [2.75, 3.05) is 17.2 Å². The largest absolute Gasteiger partial charge is 0.484 e. The lowest BCUT2D eigenvalue weighted by molar-refractivity contribution is -0.136. The van der Waals surface area contributed by atoms with Gasteiger partial charge < -0.3 is 15.4 Å². The lowest BCUT2D eigenvalue weighted by Crippen LogP contribution is -2.32. The maximum Gasteiger partial charge on any atom is 0.329 e. The number of aryl methyl sites for hydroxylation is 1. The van der Waals surface area contributed by atoms with Gasteiger partial charge in [0.15, 0.2) is 6.61 Å². The van der Waals surface area contributed by atoms with Gasteiger partial charge in [-0.25, -0.2) is 5.43 Å². The van der Waals surface area contributed by atoms with Crippen LogP contribution >= 0.6 is 11.6 Å². The molecule has 0 spiro atoms. The van der Waals surface area contributed by atoms with E-state index in [-0.39, 0.29) is 12.5 Å². The summed E-state index contributed by atoms with van der Waals surface area (Å²) in [6, 6.07) is 19.0. The van der Waals surface area contributed by atoms with Gasteiger partial charge >= 0.3 is 11.8 Å². The number of halogens is 1. The van der Waals surface area contributed by atoms with Gasteiger partial charge in [-0.3, -0.25) is 14.4 Å². The van der Waals surface area contributed by atoms with Gasteiger partial charge in [0.2, 0.25) is 0 Å². The van der Waals surface area contributed by atoms with Crippen molar-refractivity contribution in [3.8, 4) is 5.75 Å². The average molecular weight is 479 g/mol. The average Bonchev–Trinajstić information content (AvgIpc) is 2.82. The maximum atomic E-state index is 12.2. The molecule has 0 atom stereocenters. The molecule has 0 saturated carbocycles. The van der Waals surface area contributed by atoms with E-state index in [9.17, 15) is 14.4 Å². The topological polar surface area (TPSA) is 109 Å². The summed E-state index contributed by atoms with van der Waals surface area (Å²) < 4.78 is 5.56. The molecular weight excluding hydrogens is 456 g/mol. The van der Waals surface area contributed by atoms with E-state index in [0.29, 0.717) is 22.0 Å². The summed E-state index contributed by atoms with van der Waals surface area (Å²) >= 11 is 5.96. The first-order chi connectivity index (χ1) is 16.3. The molecule has 3 amide bonds. The summed E-state index contributed by atoms with van der Waals surface area (Å²) in [6.45, 7) is 3.74. The highest BCUT2D eigenvalue weighted by Gasteiger charge is 2.14. The molecule has 3 rings (SSSR count). The number of hydrogen-bond acceptors (Lipinski definition) is 5. The van der Waals surface area contributed by atoms with Crippen LogP contribution in [-0.2, 0) is 14.4 Å². The van der Waals surface area contributed by atoms with Crippen LogP contribution in [0.25, 0.3) is 0 Å². The Hall–Kier alpha value is -4.17. The minimum atomic E-state index is -0.952. The number of nitrogens with zero attached hydrogens (tertiary/aromatic N) is 1. The standard InChI is InChI=1S/C25H23ClN4O4/c1-16-7-5-12-21(17(16)2)28-23(31)15-34-19-9-6-8-18(13-19)14-27-30-25(33)24(32)29-22-11-4-3-10-20(22)26/h3-14H,15H2,1-2H3,(H,28,31)(H,29,32)(H,30,33)/b27-14-. The summed E-state index contributed by atoms with van der Waals surface area (Å²) in [4.78, 5) is 36.1. The molecule has 0 heterocycles. The van der Waals surface area contributed by atoms with E-state index in [2.05, 4.69) is 21.2 Å². The molecule has 0 bridgehead atoms. The molecule has 3 aromatic carbocycles. The van der Waals surface area contributed by atoms with E-state index >= 15 is 0 Å². The van der Waals surface area contributed by atoms with Crippen LogP contribution in [0.2, 0.25) is 5.02 Å². The first-order valence-electron chi connectivity index (χ1n) is 10.3. The number of benzene rings is 3. The van der Waals surface area contributed by atoms with Crippen molar-refractivity contribution < 1.29 is 19.1 Å². The number of carbonyl (C=O) groups is 3. The van der Waals surface area contributed by atoms with Crippen molar-refractivity contribution in [2.24, 2.45) is 5.10 Å². The maximum absolute atomic E-state index is 12.2. The third-order valence-electron chi connectivity index (χ3n) is 4.81. The Morgan fingerprint density at radius 2 is 1.65 bits per heavy atom. The van der Waals surface area contributed by atoms with Crippen molar-refractivity contribution in [1.82, 2.24) is 5.43 Å². The van der Waals surface area contributed by atoms with Gasteiger partial charge in [-0.1, -0.05) is 48.0 Å². The van der Waals surface area contributed by atoms with Gasteiger partial charge in [0, 0.05) is 5.69 Å². The number of rotatable bonds is 7. The summed E-state index contributed by atoms with van der Waals surface area (Å²) in [6.07, 6.45) is 1.35. The minimum Gasteiger partial charge on any atom is -0.484 e. The molecule has 0 unspecified atom stereocenters. The van der Waals surface area contributed by atoms with Crippen molar-refractivity contribution in [3.05, 3.63) is 88.4 Å². The molecule has 9 heteroatoms. The molecule has 0 aliphatic carbocycles. The van der Waals surface area contributed by atoms with Crippen LogP contribution in [-0.4, -0.2) is 30.5 Å². The molecule has 34 heavy (non-hydrogen) atoms. The van der Waals surface area contributed by atoms with Crippen LogP contribution < -0.4 is 20.8 Å². The number of hydrogen-bond donors (Lipinski definition) is 3. The van der Waals surface area contributed by atoms with Crippen LogP contribution in [0.1, 0.15) is 16.7 Å². The number of ether oxygens (including phenoxy) is 1. The second kappa shape index (κ2) is 11.6. The number of nitrogens with one attached hydrogen (secondary N) is 3. The Kier molecular flexibility index (Phi) is 8.37. The third kappa shape index (κ3) is 6.91. The van der Waals surface area contributed by atoms with E-state index in [4.69, 9.17) is 16.3 Å². The summed E-state index contributed by atoms with van der Waals surface area (Å²) in [5.74, 6) is -1.70. The zero-order chi connectivity index (χ0) is 24.5. The summed E-state index contributed by atoms with van der Waals surface area (Å²) in [7, 11) is 0. The SMILES string of the molecule is Cc1cccc(NC(=O)COc2cccc(/C=N\NC(=O)C(=O)Nc3ccccc3Cl)c2)c1C. The van der Waals surface area contributed by atoms with Gasteiger partial charge in [0.25, 0.3) is 5.91 Å². The van der Waals surface area contributed by atoms with Gasteiger partial charge in [0.05, 0.1) is 16.9 Å². The van der Waals surface area contributed by atoms with Gasteiger partial charge in [-0.15, -0.1) is 0 Å². The zero-order valence-corrected chi connectivity index (χ0v) is 19.3. The molecule has 0 aromatic heterocycles. The lowest BCUT2D eigenvalue weighted by atomic mass is 10.1. The smallest absolute Gasteiger partial charge is 0.329 e. The van der Waals surface area contributed by atoms with Crippen LogP contribution in [0.3, 0.4) is 0 Å². The number of para-hydroxylation sites is 1. The molecule has 174 valence electrons. The summed E-state index contributed by atoms with van der Waals surface area (Å²) in [5, 5.41) is 9.33. The van der Waals surface area contributed by atoms with Crippen LogP contribution in [0.15, 0.2) is 71.8 Å². The third-order valence-corrected chi connectivity index (χ3v) is 5.14. The fraction of sp³-hybridized carbons (Fsp3) is 0.120. The molecular formula is C25H23ClN4O4. The Morgan fingerprint density at radius 1 is 0.912 bits per heavy atom. The number of anilines is 2. The Bertz CT molecular complexity index is 1240. The van der Waals surface area contributed by atoms with Crippen LogP contribution in [0, 0.1) is 13.8 Å². The fourth-order valence-electron chi connectivity index (χ4n) is 2.86. The molecule has 0 aliphatic rings. The van der Waals surface area contributed by atoms with Crippen molar-refractivity contribution in [3.63, 3.8) is 0 Å². The molecule has 0 aliphatic heterocycles. The number of amides is 3. The second-order valence-corrected chi connectivity index (χ2v) is 7.70. The van der Waals surface area contributed by atoms with Crippen molar-refractivity contribution in [1.29, 1.82) is 0 Å². The highest BCUT2D eigenvalue weighted by molar-refractivity contribution is 6.41. The zero-order valence-electron chi connectivity index (χ0n) is 18.6. The second-order valence-electron chi connectivity index (χ2n) is 7.29. The highest BCUT2D eigenvalue weighted by atomic mass is 35.5. The molecule has 0 radical (unpaired) electrons. The van der Waals surface area contributed by atoms with E-state index in [1.807, 2.05) is 32.0 Å². The van der Waals surface area contributed by atoms with Crippen LogP contribution in [0.5, 0.6) is 5.75 Å². The Morgan fingerprint density at radius 3 is 2.44 bits per heavy atom. The molecule has 3 aromatic rings. The first kappa shape index (κ1) is 24.5. The minimum absolute atomic E-state index is 0.174. The van der Waals surface area contributed by atoms with E-state index in [1.165, 1.54) is 6.21 Å².